The molecule has 0 radical (unpaired) electrons. The predicted molar refractivity (Wildman–Crippen MR) is 122 cm³/mol. The fourth-order valence-corrected chi connectivity index (χ4v) is 3.30. The first-order chi connectivity index (χ1) is 12.7. The van der Waals surface area contributed by atoms with Gasteiger partial charge in [-0.25, -0.2) is 4.99 Å². The topological polar surface area (TPSA) is 85.6 Å². The van der Waals surface area contributed by atoms with Crippen LogP contribution in [0.5, 0.6) is 0 Å². The summed E-state index contributed by atoms with van der Waals surface area (Å²) >= 11 is 0. The molecule has 1 saturated carbocycles. The smallest absolute Gasteiger partial charge is 0.191 e. The minimum atomic E-state index is -0.120. The summed E-state index contributed by atoms with van der Waals surface area (Å²) in [7, 11) is 3.75. The van der Waals surface area contributed by atoms with Gasteiger partial charge in [0.1, 0.15) is 12.4 Å². The van der Waals surface area contributed by atoms with Gasteiger partial charge in [0.15, 0.2) is 11.8 Å². The summed E-state index contributed by atoms with van der Waals surface area (Å²) in [5.41, 5.74) is -0.109. The third kappa shape index (κ3) is 5.56. The van der Waals surface area contributed by atoms with Crippen LogP contribution < -0.4 is 10.6 Å². The number of nitrogens with one attached hydrogen (secondary N) is 2. The third-order valence-corrected chi connectivity index (χ3v) is 6.11. The maximum absolute atomic E-state index is 5.74. The van der Waals surface area contributed by atoms with Crippen LogP contribution in [0, 0.1) is 12.3 Å². The van der Waals surface area contributed by atoms with E-state index in [2.05, 4.69) is 41.6 Å². The van der Waals surface area contributed by atoms with Crippen molar-refractivity contribution in [3.63, 3.8) is 0 Å². The summed E-state index contributed by atoms with van der Waals surface area (Å²) in [5, 5.41) is 15.3. The molecule has 0 aliphatic heterocycles. The number of nitrogens with zero attached hydrogens (tertiary/aromatic N) is 4. The fourth-order valence-electron chi connectivity index (χ4n) is 3.30. The minimum Gasteiger partial charge on any atom is -0.382 e. The number of aryl methyl sites for hydroxylation is 1. The molecule has 0 bridgehead atoms. The van der Waals surface area contributed by atoms with E-state index in [-0.39, 0.29) is 35.0 Å². The average Bonchev–Trinajstić information content (AvgIpc) is 2.96. The molecule has 1 aromatic heterocycles. The van der Waals surface area contributed by atoms with Crippen LogP contribution in [0.4, 0.5) is 0 Å². The Labute approximate surface area is 186 Å². The van der Waals surface area contributed by atoms with Crippen LogP contribution in [0.1, 0.15) is 52.2 Å². The van der Waals surface area contributed by atoms with Crippen molar-refractivity contribution in [3.8, 4) is 0 Å². The lowest BCUT2D eigenvalue weighted by Gasteiger charge is -2.59. The Kier molecular flexibility index (Phi) is 9.61. The van der Waals surface area contributed by atoms with Gasteiger partial charge in [-0.05, 0) is 33.6 Å². The van der Waals surface area contributed by atoms with E-state index in [1.54, 1.807) is 7.11 Å². The number of ether oxygens (including phenoxy) is 2. The number of aliphatic imine (C=N–C) groups is 1. The molecule has 2 N–H and O–H groups in total. The quantitative estimate of drug-likeness (QED) is 0.231. The number of aromatic nitrogens is 3. The van der Waals surface area contributed by atoms with E-state index < -0.39 is 0 Å². The van der Waals surface area contributed by atoms with E-state index in [1.807, 2.05) is 25.5 Å². The minimum absolute atomic E-state index is 0. The zero-order chi connectivity index (χ0) is 20.1. The lowest BCUT2D eigenvalue weighted by atomic mass is 9.56. The number of rotatable bonds is 9. The van der Waals surface area contributed by atoms with Crippen molar-refractivity contribution in [3.05, 3.63) is 11.6 Å². The lowest BCUT2D eigenvalue weighted by Crippen LogP contribution is -2.69. The Balaban J connectivity index is 0.00000392. The molecule has 1 aliphatic rings. The molecule has 1 aliphatic carbocycles. The average molecular weight is 508 g/mol. The molecule has 0 spiro atoms. The highest BCUT2D eigenvalue weighted by atomic mass is 127. The SMILES string of the molecule is CCOCCCNC(=NCc1nnc(C)n1C)NC1CC(C)(OC)C1(C)C.I. The molecule has 9 heteroatoms. The second-order valence-corrected chi connectivity index (χ2v) is 7.92. The first-order valence-corrected chi connectivity index (χ1v) is 9.77. The van der Waals surface area contributed by atoms with Crippen molar-refractivity contribution >= 4 is 29.9 Å². The summed E-state index contributed by atoms with van der Waals surface area (Å²) < 4.78 is 13.1. The Hall–Kier alpha value is -0.940. The molecule has 2 atom stereocenters. The van der Waals surface area contributed by atoms with Gasteiger partial charge in [0, 0.05) is 45.4 Å². The van der Waals surface area contributed by atoms with Gasteiger partial charge in [0.25, 0.3) is 0 Å². The molecule has 8 nitrogen and oxygen atoms in total. The highest BCUT2D eigenvalue weighted by molar-refractivity contribution is 14.0. The molecule has 1 heterocycles. The van der Waals surface area contributed by atoms with E-state index in [0.717, 1.165) is 50.2 Å². The first-order valence-electron chi connectivity index (χ1n) is 9.77. The number of guanidine groups is 1. The molecule has 0 aromatic carbocycles. The normalized spacial score (nSPS) is 23.7. The van der Waals surface area contributed by atoms with Crippen molar-refractivity contribution < 1.29 is 9.47 Å². The van der Waals surface area contributed by atoms with Gasteiger partial charge in [-0.1, -0.05) is 13.8 Å². The van der Waals surface area contributed by atoms with Crippen LogP contribution in [0.2, 0.25) is 0 Å². The predicted octanol–water partition coefficient (Wildman–Crippen LogP) is 2.41. The van der Waals surface area contributed by atoms with E-state index in [4.69, 9.17) is 14.5 Å². The Morgan fingerprint density at radius 1 is 1.32 bits per heavy atom. The number of halogens is 1. The molecule has 162 valence electrons. The zero-order valence-corrected chi connectivity index (χ0v) is 20.7. The molecule has 0 saturated heterocycles. The first kappa shape index (κ1) is 25.1. The molecular formula is C19H37IN6O2. The summed E-state index contributed by atoms with van der Waals surface area (Å²) in [4.78, 5) is 4.74. The second-order valence-electron chi connectivity index (χ2n) is 7.92. The third-order valence-electron chi connectivity index (χ3n) is 6.11. The molecule has 1 aromatic rings. The lowest BCUT2D eigenvalue weighted by molar-refractivity contribution is -0.176. The zero-order valence-electron chi connectivity index (χ0n) is 18.3. The molecule has 0 amide bonds. The highest BCUT2D eigenvalue weighted by Gasteiger charge is 2.58. The Morgan fingerprint density at radius 2 is 2.04 bits per heavy atom. The van der Waals surface area contributed by atoms with Crippen molar-refractivity contribution in [2.45, 2.75) is 65.6 Å². The van der Waals surface area contributed by atoms with Gasteiger partial charge < -0.3 is 24.7 Å². The summed E-state index contributed by atoms with van der Waals surface area (Å²) in [5.74, 6) is 2.52. The van der Waals surface area contributed by atoms with Gasteiger partial charge in [-0.2, -0.15) is 0 Å². The van der Waals surface area contributed by atoms with Crippen molar-refractivity contribution in [1.29, 1.82) is 0 Å². The maximum atomic E-state index is 5.74. The van der Waals surface area contributed by atoms with Crippen LogP contribution in [0.3, 0.4) is 0 Å². The molecule has 1 fully saturated rings. The van der Waals surface area contributed by atoms with Gasteiger partial charge in [-0.15, -0.1) is 34.2 Å². The molecule has 2 unspecified atom stereocenters. The van der Waals surface area contributed by atoms with E-state index >= 15 is 0 Å². The van der Waals surface area contributed by atoms with E-state index in [0.29, 0.717) is 12.6 Å². The van der Waals surface area contributed by atoms with Crippen molar-refractivity contribution in [2.24, 2.45) is 17.5 Å². The van der Waals surface area contributed by atoms with Crippen LogP contribution in [0.15, 0.2) is 4.99 Å². The van der Waals surface area contributed by atoms with Gasteiger partial charge >= 0.3 is 0 Å². The van der Waals surface area contributed by atoms with Crippen LogP contribution >= 0.6 is 24.0 Å². The van der Waals surface area contributed by atoms with Gasteiger partial charge in [0.05, 0.1) is 5.60 Å². The second kappa shape index (κ2) is 10.7. The van der Waals surface area contributed by atoms with Crippen LogP contribution in [0.25, 0.3) is 0 Å². The van der Waals surface area contributed by atoms with Crippen LogP contribution in [-0.2, 0) is 23.1 Å². The number of methoxy groups -OCH3 is 1. The molecule has 2 rings (SSSR count). The number of hydrogen-bond acceptors (Lipinski definition) is 5. The number of hydrogen-bond donors (Lipinski definition) is 2. The van der Waals surface area contributed by atoms with Crippen molar-refractivity contribution in [2.75, 3.05) is 26.9 Å². The Morgan fingerprint density at radius 3 is 2.57 bits per heavy atom. The Bertz CT molecular complexity index is 648. The van der Waals surface area contributed by atoms with Crippen LogP contribution in [-0.4, -0.2) is 59.2 Å². The highest BCUT2D eigenvalue weighted by Crippen LogP contribution is 2.51. The largest absolute Gasteiger partial charge is 0.382 e. The molecule has 28 heavy (non-hydrogen) atoms. The van der Waals surface area contributed by atoms with Crippen molar-refractivity contribution in [1.82, 2.24) is 25.4 Å². The maximum Gasteiger partial charge on any atom is 0.191 e. The standard InChI is InChI=1S/C19H36N6O2.HI/c1-8-27-11-9-10-20-17(21-13-16-24-23-14(2)25(16)6)22-15-12-19(5,26-7)18(15,3)4;/h15H,8-13H2,1-7H3,(H2,20,21,22);1H. The van der Waals surface area contributed by atoms with Gasteiger partial charge in [0.2, 0.25) is 0 Å². The fraction of sp³-hybridized carbons (Fsp3) is 0.842. The monoisotopic (exact) mass is 508 g/mol. The summed E-state index contributed by atoms with van der Waals surface area (Å²) in [6.07, 6.45) is 1.88. The van der Waals surface area contributed by atoms with E-state index in [9.17, 15) is 0 Å². The summed E-state index contributed by atoms with van der Waals surface area (Å²) in [6.45, 7) is 13.4. The molecular weight excluding hydrogens is 471 g/mol. The summed E-state index contributed by atoms with van der Waals surface area (Å²) in [6, 6.07) is 0.293. The van der Waals surface area contributed by atoms with Gasteiger partial charge in [-0.3, -0.25) is 0 Å². The van der Waals surface area contributed by atoms with E-state index in [1.165, 1.54) is 0 Å².